The fourth-order valence-electron chi connectivity index (χ4n) is 1.32. The monoisotopic (exact) mass is 214 g/mol. The van der Waals surface area contributed by atoms with Crippen molar-refractivity contribution in [1.82, 2.24) is 5.32 Å². The molecule has 81 valence electrons. The standard InChI is InChI=1S/C8H8NO6/c10-6(11)3-1-9-2-4(7(12)13)5(3)8(14)15/h1-3,5,9H,(H,10,11)(H,12,13)(H,14,15). The lowest BCUT2D eigenvalue weighted by molar-refractivity contribution is -0.152. The lowest BCUT2D eigenvalue weighted by Gasteiger charge is -2.24. The molecule has 0 saturated heterocycles. The number of carbonyl (C=O) groups is 3. The smallest absolute Gasteiger partial charge is 0.333 e. The van der Waals surface area contributed by atoms with Crippen molar-refractivity contribution in [2.75, 3.05) is 0 Å². The van der Waals surface area contributed by atoms with Gasteiger partial charge in [-0.2, -0.15) is 0 Å². The minimum Gasteiger partial charge on any atom is -0.481 e. The number of rotatable bonds is 3. The average Bonchev–Trinajstić information content (AvgIpc) is 2.16. The number of hydrogen-bond donors (Lipinski definition) is 4. The van der Waals surface area contributed by atoms with Crippen LogP contribution in [0.3, 0.4) is 0 Å². The van der Waals surface area contributed by atoms with Gasteiger partial charge in [-0.1, -0.05) is 0 Å². The highest BCUT2D eigenvalue weighted by molar-refractivity contribution is 5.97. The minimum absolute atomic E-state index is 0.475. The first kappa shape index (κ1) is 11.0. The predicted molar refractivity (Wildman–Crippen MR) is 45.4 cm³/mol. The van der Waals surface area contributed by atoms with Gasteiger partial charge in [0.1, 0.15) is 5.92 Å². The molecule has 7 heteroatoms. The van der Waals surface area contributed by atoms with E-state index in [2.05, 4.69) is 5.32 Å². The Kier molecular flexibility index (Phi) is 2.93. The molecule has 0 aromatic rings. The number of hydrogen-bond acceptors (Lipinski definition) is 4. The van der Waals surface area contributed by atoms with E-state index in [0.29, 0.717) is 0 Å². The molecule has 0 bridgehead atoms. The van der Waals surface area contributed by atoms with E-state index in [-0.39, 0.29) is 0 Å². The Hall–Kier alpha value is -2.05. The summed E-state index contributed by atoms with van der Waals surface area (Å²) in [4.78, 5) is 32.1. The Morgan fingerprint density at radius 2 is 1.73 bits per heavy atom. The molecular weight excluding hydrogens is 206 g/mol. The first-order valence-corrected chi connectivity index (χ1v) is 3.93. The molecule has 0 spiro atoms. The Morgan fingerprint density at radius 3 is 2.13 bits per heavy atom. The summed E-state index contributed by atoms with van der Waals surface area (Å²) >= 11 is 0. The maximum absolute atomic E-state index is 10.8. The second-order valence-electron chi connectivity index (χ2n) is 2.92. The second-order valence-corrected chi connectivity index (χ2v) is 2.92. The Balaban J connectivity index is 3.08. The zero-order chi connectivity index (χ0) is 11.6. The van der Waals surface area contributed by atoms with Gasteiger partial charge in [0.15, 0.2) is 0 Å². The van der Waals surface area contributed by atoms with Gasteiger partial charge in [-0.3, -0.25) is 9.59 Å². The molecule has 1 aliphatic heterocycles. The van der Waals surface area contributed by atoms with Crippen LogP contribution < -0.4 is 5.32 Å². The van der Waals surface area contributed by atoms with Crippen LogP contribution in [0.25, 0.3) is 0 Å². The lowest BCUT2D eigenvalue weighted by atomic mass is 9.84. The van der Waals surface area contributed by atoms with Gasteiger partial charge < -0.3 is 20.6 Å². The van der Waals surface area contributed by atoms with Crippen molar-refractivity contribution in [3.05, 3.63) is 18.3 Å². The molecule has 1 radical (unpaired) electrons. The number of nitrogens with one attached hydrogen (secondary N) is 1. The molecule has 2 atom stereocenters. The Labute approximate surface area is 84.0 Å². The number of carboxylic acids is 3. The molecule has 0 amide bonds. The molecule has 0 aliphatic carbocycles. The van der Waals surface area contributed by atoms with E-state index in [1.165, 1.54) is 0 Å². The molecule has 4 N–H and O–H groups in total. The van der Waals surface area contributed by atoms with Crippen LogP contribution in [-0.2, 0) is 14.4 Å². The molecule has 15 heavy (non-hydrogen) atoms. The van der Waals surface area contributed by atoms with Crippen LogP contribution in [0.5, 0.6) is 0 Å². The summed E-state index contributed by atoms with van der Waals surface area (Å²) in [6.07, 6.45) is 0.973. The van der Waals surface area contributed by atoms with Crippen molar-refractivity contribution < 1.29 is 29.7 Å². The van der Waals surface area contributed by atoms with Crippen molar-refractivity contribution in [2.24, 2.45) is 11.8 Å². The highest BCUT2D eigenvalue weighted by Crippen LogP contribution is 2.26. The van der Waals surface area contributed by atoms with Crippen molar-refractivity contribution >= 4 is 17.9 Å². The highest BCUT2D eigenvalue weighted by Gasteiger charge is 2.41. The summed E-state index contributed by atoms with van der Waals surface area (Å²) in [5, 5.41) is 28.5. The van der Waals surface area contributed by atoms with Crippen LogP contribution in [0.1, 0.15) is 0 Å². The van der Waals surface area contributed by atoms with Crippen molar-refractivity contribution in [3.63, 3.8) is 0 Å². The first-order valence-electron chi connectivity index (χ1n) is 3.93. The van der Waals surface area contributed by atoms with E-state index in [1.807, 2.05) is 0 Å². The molecule has 2 unspecified atom stereocenters. The molecule has 0 aromatic carbocycles. The van der Waals surface area contributed by atoms with Crippen molar-refractivity contribution in [3.8, 4) is 0 Å². The fourth-order valence-corrected chi connectivity index (χ4v) is 1.32. The molecule has 1 aliphatic rings. The van der Waals surface area contributed by atoms with E-state index in [9.17, 15) is 14.4 Å². The van der Waals surface area contributed by atoms with Gasteiger partial charge in [-0.05, 0) is 0 Å². The zero-order valence-electron chi connectivity index (χ0n) is 7.38. The topological polar surface area (TPSA) is 124 Å². The van der Waals surface area contributed by atoms with Crippen molar-refractivity contribution in [1.29, 1.82) is 0 Å². The zero-order valence-corrected chi connectivity index (χ0v) is 7.38. The van der Waals surface area contributed by atoms with Gasteiger partial charge in [-0.25, -0.2) is 4.79 Å². The number of carboxylic acid groups (broad SMARTS) is 3. The Morgan fingerprint density at radius 1 is 1.13 bits per heavy atom. The quantitative estimate of drug-likeness (QED) is 0.481. The van der Waals surface area contributed by atoms with Gasteiger partial charge in [-0.15, -0.1) is 0 Å². The third-order valence-electron chi connectivity index (χ3n) is 2.01. The van der Waals surface area contributed by atoms with Crippen LogP contribution in [0.4, 0.5) is 0 Å². The van der Waals surface area contributed by atoms with Gasteiger partial charge >= 0.3 is 17.9 Å². The summed E-state index contributed by atoms with van der Waals surface area (Å²) in [5.41, 5.74) is -0.475. The van der Waals surface area contributed by atoms with Gasteiger partial charge in [0.05, 0.1) is 18.0 Å². The van der Waals surface area contributed by atoms with E-state index in [1.54, 1.807) is 0 Å². The van der Waals surface area contributed by atoms with Gasteiger partial charge in [0.25, 0.3) is 0 Å². The summed E-state index contributed by atoms with van der Waals surface area (Å²) in [6, 6.07) is 0. The normalized spacial score (nSPS) is 24.9. The first-order chi connectivity index (χ1) is 6.95. The van der Waals surface area contributed by atoms with Crippen LogP contribution in [-0.4, -0.2) is 33.2 Å². The van der Waals surface area contributed by atoms with E-state index >= 15 is 0 Å². The predicted octanol–water partition coefficient (Wildman–Crippen LogP) is -0.879. The molecule has 0 aromatic heterocycles. The van der Waals surface area contributed by atoms with Crippen molar-refractivity contribution in [2.45, 2.75) is 0 Å². The molecule has 0 saturated carbocycles. The summed E-state index contributed by atoms with van der Waals surface area (Å²) < 4.78 is 0. The van der Waals surface area contributed by atoms with Crippen LogP contribution >= 0.6 is 0 Å². The van der Waals surface area contributed by atoms with Gasteiger partial charge in [0.2, 0.25) is 0 Å². The maximum Gasteiger partial charge on any atom is 0.333 e. The van der Waals surface area contributed by atoms with Crippen LogP contribution in [0, 0.1) is 18.4 Å². The lowest BCUT2D eigenvalue weighted by Crippen LogP contribution is -2.40. The summed E-state index contributed by atoms with van der Waals surface area (Å²) in [7, 11) is 0. The summed E-state index contributed by atoms with van der Waals surface area (Å²) in [6.45, 7) is 1.04. The minimum atomic E-state index is -1.57. The third-order valence-corrected chi connectivity index (χ3v) is 2.01. The van der Waals surface area contributed by atoms with E-state index < -0.39 is 35.3 Å². The third kappa shape index (κ3) is 2.06. The van der Waals surface area contributed by atoms with E-state index in [4.69, 9.17) is 15.3 Å². The second kappa shape index (κ2) is 3.99. The SMILES string of the molecule is O=C(O)C1=CN[CH]C(C(=O)O)C1C(=O)O. The fraction of sp³-hybridized carbons (Fsp3) is 0.250. The van der Waals surface area contributed by atoms with Gasteiger partial charge in [0, 0.05) is 6.20 Å². The highest BCUT2D eigenvalue weighted by atomic mass is 16.4. The molecular formula is C8H8NO6. The number of aliphatic carboxylic acids is 3. The molecule has 1 rings (SSSR count). The van der Waals surface area contributed by atoms with Crippen LogP contribution in [0.2, 0.25) is 0 Å². The maximum atomic E-state index is 10.8. The molecule has 1 heterocycles. The van der Waals surface area contributed by atoms with E-state index in [0.717, 1.165) is 12.7 Å². The summed E-state index contributed by atoms with van der Waals surface area (Å²) in [5.74, 6) is -7.27. The van der Waals surface area contributed by atoms with Crippen LogP contribution in [0.15, 0.2) is 11.8 Å². The average molecular weight is 214 g/mol. The largest absolute Gasteiger partial charge is 0.481 e. The molecule has 7 nitrogen and oxygen atoms in total. The Bertz CT molecular complexity index is 347. The molecule has 0 fully saturated rings.